The standard InChI is InChI=1S/C13H21.C5H5.Fe/c1-5-10-9-11(6-2)13(8-4)12(10)7-3;1-2-4-5-3-1;/h9H,5-8H2,1-4H3;1-5H;/q2*-1;+2. The van der Waals surface area contributed by atoms with Crippen LogP contribution in [0.1, 0.15) is 49.9 Å². The predicted octanol–water partition coefficient (Wildman–Crippen LogP) is 5.06. The van der Waals surface area contributed by atoms with Gasteiger partial charge in [-0.25, -0.2) is 18.2 Å². The van der Waals surface area contributed by atoms with Crippen LogP contribution in [0.3, 0.4) is 0 Å². The van der Waals surface area contributed by atoms with E-state index in [1.807, 2.05) is 30.3 Å². The van der Waals surface area contributed by atoms with E-state index in [9.17, 15) is 0 Å². The predicted molar refractivity (Wildman–Crippen MR) is 81.6 cm³/mol. The zero-order valence-corrected chi connectivity index (χ0v) is 13.8. The Morgan fingerprint density at radius 2 is 1.58 bits per heavy atom. The molecule has 19 heavy (non-hydrogen) atoms. The van der Waals surface area contributed by atoms with Crippen molar-refractivity contribution in [3.8, 4) is 0 Å². The first-order valence-corrected chi connectivity index (χ1v) is 7.24. The molecule has 2 aromatic carbocycles. The van der Waals surface area contributed by atoms with Gasteiger partial charge in [0.25, 0.3) is 0 Å². The van der Waals surface area contributed by atoms with E-state index in [4.69, 9.17) is 0 Å². The fraction of sp³-hybridized carbons (Fsp3) is 0.444. The summed E-state index contributed by atoms with van der Waals surface area (Å²) < 4.78 is 0. The molecule has 0 N–H and O–H groups in total. The molecule has 0 aliphatic heterocycles. The van der Waals surface area contributed by atoms with Gasteiger partial charge in [-0.2, -0.15) is 40.5 Å². The number of hydrogen-bond donors (Lipinski definition) is 0. The molecule has 0 heterocycles. The van der Waals surface area contributed by atoms with Crippen molar-refractivity contribution in [3.63, 3.8) is 0 Å². The molecular weight excluding hydrogens is 272 g/mol. The molecule has 0 spiro atoms. The molecule has 2 rings (SSSR count). The van der Waals surface area contributed by atoms with Crippen molar-refractivity contribution >= 4 is 0 Å². The maximum atomic E-state index is 2.41. The van der Waals surface area contributed by atoms with Gasteiger partial charge < -0.3 is 0 Å². The fourth-order valence-electron chi connectivity index (χ4n) is 2.60. The third-order valence-electron chi connectivity index (χ3n) is 3.51. The molecule has 0 aromatic heterocycles. The molecule has 0 radical (unpaired) electrons. The van der Waals surface area contributed by atoms with Crippen LogP contribution in [0.15, 0.2) is 36.4 Å². The summed E-state index contributed by atoms with van der Waals surface area (Å²) in [6, 6.07) is 12.4. The summed E-state index contributed by atoms with van der Waals surface area (Å²) in [6.07, 6.45) is 4.78. The van der Waals surface area contributed by atoms with Crippen LogP contribution >= 0.6 is 0 Å². The molecule has 0 fully saturated rings. The molecule has 0 amide bonds. The minimum atomic E-state index is 0. The van der Waals surface area contributed by atoms with E-state index < -0.39 is 0 Å². The van der Waals surface area contributed by atoms with Crippen LogP contribution in [0.25, 0.3) is 0 Å². The van der Waals surface area contributed by atoms with Crippen LogP contribution in [-0.2, 0) is 42.8 Å². The molecule has 0 atom stereocenters. The first-order chi connectivity index (χ1) is 8.78. The Bertz CT molecular complexity index is 377. The van der Waals surface area contributed by atoms with Crippen molar-refractivity contribution in [1.29, 1.82) is 0 Å². The van der Waals surface area contributed by atoms with E-state index in [2.05, 4.69) is 33.8 Å². The van der Waals surface area contributed by atoms with Crippen molar-refractivity contribution in [2.24, 2.45) is 0 Å². The van der Waals surface area contributed by atoms with E-state index in [-0.39, 0.29) is 17.1 Å². The topological polar surface area (TPSA) is 0 Å². The van der Waals surface area contributed by atoms with Crippen LogP contribution in [0.4, 0.5) is 0 Å². The molecular formula is C18H26Fe. The Morgan fingerprint density at radius 3 is 1.89 bits per heavy atom. The maximum Gasteiger partial charge on any atom is 2.00 e. The second kappa shape index (κ2) is 10.1. The number of aryl methyl sites for hydroxylation is 2. The van der Waals surface area contributed by atoms with Crippen LogP contribution in [-0.4, -0.2) is 0 Å². The maximum absolute atomic E-state index is 2.41. The van der Waals surface area contributed by atoms with Crippen LogP contribution < -0.4 is 0 Å². The van der Waals surface area contributed by atoms with Gasteiger partial charge in [-0.05, 0) is 0 Å². The summed E-state index contributed by atoms with van der Waals surface area (Å²) in [6.45, 7) is 9.06. The Kier molecular flexibility index (Phi) is 9.65. The van der Waals surface area contributed by atoms with Gasteiger partial charge in [0, 0.05) is 0 Å². The van der Waals surface area contributed by atoms with Crippen LogP contribution in [0.5, 0.6) is 0 Å². The summed E-state index contributed by atoms with van der Waals surface area (Å²) in [4.78, 5) is 0. The molecule has 0 saturated heterocycles. The van der Waals surface area contributed by atoms with Gasteiger partial charge in [-0.3, -0.25) is 0 Å². The van der Waals surface area contributed by atoms with Gasteiger partial charge in [0.05, 0.1) is 0 Å². The van der Waals surface area contributed by atoms with Crippen molar-refractivity contribution in [2.45, 2.75) is 53.4 Å². The van der Waals surface area contributed by atoms with Crippen LogP contribution in [0.2, 0.25) is 0 Å². The Balaban J connectivity index is 0.000000454. The fourth-order valence-corrected chi connectivity index (χ4v) is 2.60. The van der Waals surface area contributed by atoms with Gasteiger partial charge in [0.2, 0.25) is 0 Å². The zero-order chi connectivity index (χ0) is 13.4. The average Bonchev–Trinajstić information content (AvgIpc) is 3.08. The Morgan fingerprint density at radius 1 is 0.947 bits per heavy atom. The summed E-state index contributed by atoms with van der Waals surface area (Å²) in [5.41, 5.74) is 6.41. The zero-order valence-electron chi connectivity index (χ0n) is 12.6. The molecule has 0 unspecified atom stereocenters. The monoisotopic (exact) mass is 298 g/mol. The van der Waals surface area contributed by atoms with Gasteiger partial charge in [0.15, 0.2) is 0 Å². The molecule has 0 bridgehead atoms. The minimum absolute atomic E-state index is 0. The van der Waals surface area contributed by atoms with E-state index >= 15 is 0 Å². The van der Waals surface area contributed by atoms with Gasteiger partial charge >= 0.3 is 17.1 Å². The van der Waals surface area contributed by atoms with Gasteiger partial charge in [-0.15, -0.1) is 0 Å². The van der Waals surface area contributed by atoms with E-state index in [1.54, 1.807) is 22.3 Å². The molecule has 0 aliphatic rings. The minimum Gasteiger partial charge on any atom is -0.214 e. The quantitative estimate of drug-likeness (QED) is 0.547. The smallest absolute Gasteiger partial charge is 0.214 e. The van der Waals surface area contributed by atoms with E-state index in [0.717, 1.165) is 0 Å². The van der Waals surface area contributed by atoms with Gasteiger partial charge in [-0.1, -0.05) is 53.4 Å². The second-order valence-corrected chi connectivity index (χ2v) is 4.53. The summed E-state index contributed by atoms with van der Waals surface area (Å²) >= 11 is 0. The van der Waals surface area contributed by atoms with Gasteiger partial charge in [0.1, 0.15) is 0 Å². The van der Waals surface area contributed by atoms with E-state index in [1.165, 1.54) is 25.7 Å². The largest absolute Gasteiger partial charge is 2.00 e. The number of rotatable bonds is 4. The second-order valence-electron chi connectivity index (χ2n) is 4.53. The normalized spacial score (nSPS) is 9.47. The molecule has 0 nitrogen and oxygen atoms in total. The SMILES string of the molecule is CCc1cc(CC)[c-](CC)c1CC.[Fe+2].c1cc[cH-]c1. The summed E-state index contributed by atoms with van der Waals surface area (Å²) in [5, 5.41) is 0. The van der Waals surface area contributed by atoms with Crippen LogP contribution in [0, 0.1) is 0 Å². The van der Waals surface area contributed by atoms with Crippen molar-refractivity contribution in [1.82, 2.24) is 0 Å². The molecule has 106 valence electrons. The average molecular weight is 298 g/mol. The molecule has 0 aliphatic carbocycles. The number of hydrogen-bond acceptors (Lipinski definition) is 0. The summed E-state index contributed by atoms with van der Waals surface area (Å²) in [7, 11) is 0. The van der Waals surface area contributed by atoms with Crippen molar-refractivity contribution in [2.75, 3.05) is 0 Å². The van der Waals surface area contributed by atoms with Crippen molar-refractivity contribution in [3.05, 3.63) is 58.7 Å². The Hall–Kier alpha value is -0.781. The summed E-state index contributed by atoms with van der Waals surface area (Å²) in [5.74, 6) is 0. The Labute approximate surface area is 129 Å². The molecule has 2 aromatic rings. The molecule has 0 saturated carbocycles. The third kappa shape index (κ3) is 5.01. The first-order valence-electron chi connectivity index (χ1n) is 7.24. The van der Waals surface area contributed by atoms with E-state index in [0.29, 0.717) is 0 Å². The third-order valence-corrected chi connectivity index (χ3v) is 3.51. The molecule has 1 heteroatoms. The first kappa shape index (κ1) is 18.2. The van der Waals surface area contributed by atoms with Crippen molar-refractivity contribution < 1.29 is 17.1 Å².